The van der Waals surface area contributed by atoms with Crippen molar-refractivity contribution in [3.8, 4) is 0 Å². The molecule has 0 atom stereocenters. The quantitative estimate of drug-likeness (QED) is 0.0615. The molecule has 0 saturated heterocycles. The lowest BCUT2D eigenvalue weighted by molar-refractivity contribution is 0.216. The minimum absolute atomic E-state index is 0.491. The van der Waals surface area contributed by atoms with E-state index in [9.17, 15) is 0 Å². The van der Waals surface area contributed by atoms with E-state index in [0.717, 1.165) is 12.5 Å². The maximum Gasteiger partial charge on any atom is 0.469 e. The number of rotatable bonds is 27. The largest absolute Gasteiger partial charge is 0.469 e. The molecular weight excluding hydrogens is 685 g/mol. The van der Waals surface area contributed by atoms with Crippen LogP contribution in [0.3, 0.4) is 0 Å². The summed E-state index contributed by atoms with van der Waals surface area (Å²) in [6.07, 6.45) is 10.4. The molecule has 0 aliphatic carbocycles. The van der Waals surface area contributed by atoms with Gasteiger partial charge < -0.3 is 16.8 Å². The molecule has 9 heteroatoms. The molecule has 0 aliphatic rings. The molecule has 0 heterocycles. The second kappa shape index (κ2) is 21.7. The Balaban J connectivity index is 6.99. The van der Waals surface area contributed by atoms with Gasteiger partial charge in [-0.25, -0.2) is 0 Å². The molecule has 0 aromatic heterocycles. The molecule has 0 saturated carbocycles. The summed E-state index contributed by atoms with van der Waals surface area (Å²) in [6.45, 7) is 48.7. The summed E-state index contributed by atoms with van der Waals surface area (Å²) in [4.78, 5) is 0. The Labute approximate surface area is 315 Å². The van der Waals surface area contributed by atoms with Crippen molar-refractivity contribution in [2.24, 2.45) is 0 Å². The second-order valence-electron chi connectivity index (χ2n) is 19.2. The van der Waals surface area contributed by atoms with Gasteiger partial charge in [0, 0.05) is 13.2 Å². The number of hydrogen-bond donors (Lipinski definition) is 0. The smallest absolute Gasteiger partial charge is 0.420 e. The summed E-state index contributed by atoms with van der Waals surface area (Å²) in [5.41, 5.74) is 4.42. The third kappa shape index (κ3) is 13.0. The molecule has 0 fully saturated rings. The topological polar surface area (TPSA) is 36.9 Å². The maximum atomic E-state index is 8.23. The zero-order chi connectivity index (χ0) is 38.6. The van der Waals surface area contributed by atoms with Gasteiger partial charge in [-0.2, -0.15) is 0 Å². The van der Waals surface area contributed by atoms with Gasteiger partial charge in [-0.3, -0.25) is 0 Å². The van der Waals surface area contributed by atoms with E-state index < -0.39 is 42.1 Å². The SMILES string of the molecule is CO[Si](C)(C)CCCCCCCCCC[Si](O[Si](C(C)C)(C(C)C)C(C)C)(O[Si](C(C)C)(C(C)C)C(C)C)O[Si](C(C)C)(C(C)C)C(C)C. The van der Waals surface area contributed by atoms with Crippen LogP contribution in [0.4, 0.5) is 0 Å². The van der Waals surface area contributed by atoms with Crippen LogP contribution in [0.1, 0.15) is 176 Å². The lowest BCUT2D eigenvalue weighted by Gasteiger charge is -2.56. The predicted molar refractivity (Wildman–Crippen MR) is 233 cm³/mol. The summed E-state index contributed by atoms with van der Waals surface area (Å²) < 4.78 is 30.4. The Morgan fingerprint density at radius 3 is 0.735 bits per heavy atom. The van der Waals surface area contributed by atoms with Crippen molar-refractivity contribution in [1.29, 1.82) is 0 Å². The first-order chi connectivity index (χ1) is 22.4. The first-order valence-electron chi connectivity index (χ1n) is 21.0. The van der Waals surface area contributed by atoms with Gasteiger partial charge in [0.2, 0.25) is 0 Å². The van der Waals surface area contributed by atoms with E-state index in [-0.39, 0.29) is 0 Å². The van der Waals surface area contributed by atoms with Gasteiger partial charge in [-0.15, -0.1) is 0 Å². The van der Waals surface area contributed by atoms with E-state index in [1.165, 1.54) is 51.0 Å². The summed E-state index contributed by atoms with van der Waals surface area (Å²) in [7, 11) is -9.72. The Hall–Kier alpha value is 0.924. The van der Waals surface area contributed by atoms with Gasteiger partial charge in [0.05, 0.1) is 0 Å². The monoisotopic (exact) mass is 777 g/mol. The minimum Gasteiger partial charge on any atom is -0.420 e. The molecule has 0 unspecified atom stereocenters. The van der Waals surface area contributed by atoms with E-state index >= 15 is 0 Å². The summed E-state index contributed by atoms with van der Waals surface area (Å²) >= 11 is 0. The average Bonchev–Trinajstić information content (AvgIpc) is 2.96. The van der Waals surface area contributed by atoms with Gasteiger partial charge in [0.15, 0.2) is 33.3 Å². The fourth-order valence-corrected chi connectivity index (χ4v) is 41.9. The molecule has 0 aromatic rings. The van der Waals surface area contributed by atoms with Crippen LogP contribution in [0, 0.1) is 0 Å². The van der Waals surface area contributed by atoms with Crippen LogP contribution in [0.25, 0.3) is 0 Å². The molecule has 0 spiro atoms. The first kappa shape index (κ1) is 49.9. The molecule has 296 valence electrons. The van der Waals surface area contributed by atoms with Crippen molar-refractivity contribution >= 4 is 42.1 Å². The third-order valence-corrected chi connectivity index (χ3v) is 40.5. The van der Waals surface area contributed by atoms with Gasteiger partial charge in [0.1, 0.15) is 0 Å². The highest BCUT2D eigenvalue weighted by Gasteiger charge is 2.63. The highest BCUT2D eigenvalue weighted by Crippen LogP contribution is 2.53. The molecule has 0 N–H and O–H groups in total. The third-order valence-electron chi connectivity index (χ3n) is 12.7. The minimum atomic E-state index is -3.20. The lowest BCUT2D eigenvalue weighted by Crippen LogP contribution is -2.69. The van der Waals surface area contributed by atoms with Crippen molar-refractivity contribution in [1.82, 2.24) is 0 Å². The van der Waals surface area contributed by atoms with Gasteiger partial charge in [-0.05, 0) is 75.4 Å². The van der Waals surface area contributed by atoms with Crippen molar-refractivity contribution in [3.05, 3.63) is 0 Å². The van der Waals surface area contributed by atoms with Crippen LogP contribution in [0.2, 0.25) is 75.1 Å². The van der Waals surface area contributed by atoms with Crippen LogP contribution < -0.4 is 0 Å². The molecular formula is C40H92O4Si5. The van der Waals surface area contributed by atoms with Gasteiger partial charge >= 0.3 is 8.80 Å². The zero-order valence-corrected chi connectivity index (χ0v) is 42.4. The average molecular weight is 778 g/mol. The highest BCUT2D eigenvalue weighted by molar-refractivity contribution is 6.94. The summed E-state index contributed by atoms with van der Waals surface area (Å²) in [5, 5.41) is 0. The molecule has 4 nitrogen and oxygen atoms in total. The predicted octanol–water partition coefficient (Wildman–Crippen LogP) is 15.5. The van der Waals surface area contributed by atoms with Crippen LogP contribution in [0.15, 0.2) is 0 Å². The van der Waals surface area contributed by atoms with Crippen molar-refractivity contribution in [2.45, 2.75) is 251 Å². The molecule has 0 aromatic carbocycles. The molecule has 0 aliphatic heterocycles. The van der Waals surface area contributed by atoms with Gasteiger partial charge in [-0.1, -0.05) is 170 Å². The Kier molecular flexibility index (Phi) is 22.1. The molecule has 0 amide bonds. The molecule has 0 rings (SSSR count). The standard InChI is InChI=1S/C40H92O4Si5/c1-32(2)47(33(3)4,34(5)6)42-46(43-48(35(7)8,36(9)10)37(11)12,44-49(38(13)14,39(15)16)40(17)18)31-29-27-25-23-22-24-26-28-30-45(20,21)41-19/h32-40H,22-31H2,1-21H3. The fraction of sp³-hybridized carbons (Fsp3) is 1.00. The zero-order valence-electron chi connectivity index (χ0n) is 37.4. The van der Waals surface area contributed by atoms with Crippen LogP contribution in [0.5, 0.6) is 0 Å². The molecule has 49 heavy (non-hydrogen) atoms. The summed E-state index contributed by atoms with van der Waals surface area (Å²) in [5.74, 6) is 0. The maximum absolute atomic E-state index is 8.23. The number of hydrogen-bond acceptors (Lipinski definition) is 4. The Morgan fingerprint density at radius 1 is 0.327 bits per heavy atom. The van der Waals surface area contributed by atoms with E-state index in [0.29, 0.717) is 49.9 Å². The normalized spacial score (nSPS) is 14.6. The highest BCUT2D eigenvalue weighted by atomic mass is 28.5. The van der Waals surface area contributed by atoms with E-state index in [1.807, 2.05) is 7.11 Å². The van der Waals surface area contributed by atoms with E-state index in [4.69, 9.17) is 16.8 Å². The van der Waals surface area contributed by atoms with Crippen molar-refractivity contribution < 1.29 is 16.8 Å². The van der Waals surface area contributed by atoms with E-state index in [2.05, 4.69) is 138 Å². The molecule has 0 radical (unpaired) electrons. The van der Waals surface area contributed by atoms with Crippen molar-refractivity contribution in [2.75, 3.05) is 7.11 Å². The second-order valence-corrected chi connectivity index (χ2v) is 43.5. The van der Waals surface area contributed by atoms with Crippen LogP contribution >= 0.6 is 0 Å². The Bertz CT molecular complexity index is 737. The molecule has 0 bridgehead atoms. The van der Waals surface area contributed by atoms with Gasteiger partial charge in [0.25, 0.3) is 0 Å². The Morgan fingerprint density at radius 2 is 0.531 bits per heavy atom. The summed E-state index contributed by atoms with van der Waals surface area (Å²) in [6, 6.07) is 2.26. The fourth-order valence-electron chi connectivity index (χ4n) is 10.1. The van der Waals surface area contributed by atoms with Crippen LogP contribution in [-0.2, 0) is 16.8 Å². The van der Waals surface area contributed by atoms with Crippen molar-refractivity contribution in [3.63, 3.8) is 0 Å². The first-order valence-corrected chi connectivity index (χ1v) is 32.5. The number of unbranched alkanes of at least 4 members (excludes halogenated alkanes) is 7. The van der Waals surface area contributed by atoms with Crippen LogP contribution in [-0.4, -0.2) is 49.2 Å². The lowest BCUT2D eigenvalue weighted by atomic mass is 10.1. The van der Waals surface area contributed by atoms with E-state index in [1.54, 1.807) is 0 Å².